The highest BCUT2D eigenvalue weighted by Crippen LogP contribution is 2.36. The van der Waals surface area contributed by atoms with Crippen molar-refractivity contribution in [3.63, 3.8) is 0 Å². The summed E-state index contributed by atoms with van der Waals surface area (Å²) >= 11 is 8.09. The first-order chi connectivity index (χ1) is 10.2. The van der Waals surface area contributed by atoms with Crippen molar-refractivity contribution < 1.29 is 5.21 Å². The third kappa shape index (κ3) is 2.96. The maximum atomic E-state index is 8.84. The Kier molecular flexibility index (Phi) is 3.98. The van der Waals surface area contributed by atoms with Crippen molar-refractivity contribution in [1.29, 1.82) is 0 Å². The number of oxime groups is 1. The van der Waals surface area contributed by atoms with Crippen LogP contribution < -0.4 is 10.6 Å². The van der Waals surface area contributed by atoms with Crippen LogP contribution in [-0.4, -0.2) is 22.1 Å². The van der Waals surface area contributed by atoms with Crippen LogP contribution in [0, 0.1) is 0 Å². The molecule has 2 aromatic rings. The van der Waals surface area contributed by atoms with Crippen molar-refractivity contribution in [3.8, 4) is 0 Å². The number of thiophene rings is 1. The van der Waals surface area contributed by atoms with Crippen LogP contribution in [-0.2, 0) is 6.54 Å². The topological polar surface area (TPSA) is 74.7 Å². The molecule has 0 amide bonds. The van der Waals surface area contributed by atoms with E-state index in [1.807, 2.05) is 0 Å². The Morgan fingerprint density at radius 2 is 2.33 bits per heavy atom. The second kappa shape index (κ2) is 5.91. The van der Waals surface area contributed by atoms with Crippen LogP contribution in [0.3, 0.4) is 0 Å². The van der Waals surface area contributed by atoms with E-state index in [4.69, 9.17) is 22.5 Å². The summed E-state index contributed by atoms with van der Waals surface area (Å²) in [5.41, 5.74) is 7.40. The molecule has 0 saturated heterocycles. The van der Waals surface area contributed by atoms with Crippen LogP contribution in [0.25, 0.3) is 0 Å². The molecule has 1 fully saturated rings. The Bertz CT molecular complexity index is 655. The zero-order chi connectivity index (χ0) is 14.8. The van der Waals surface area contributed by atoms with Gasteiger partial charge in [0.05, 0.1) is 5.02 Å². The second-order valence-electron chi connectivity index (χ2n) is 4.97. The molecule has 0 radical (unpaired) electrons. The van der Waals surface area contributed by atoms with Gasteiger partial charge in [-0.2, -0.15) is 11.3 Å². The van der Waals surface area contributed by atoms with Crippen LogP contribution in [0.2, 0.25) is 5.02 Å². The molecule has 0 bridgehead atoms. The van der Waals surface area contributed by atoms with Crippen LogP contribution in [0.15, 0.2) is 34.2 Å². The number of halogens is 1. The summed E-state index contributed by atoms with van der Waals surface area (Å²) in [4.78, 5) is 6.60. The zero-order valence-electron chi connectivity index (χ0n) is 11.2. The molecule has 5 nitrogen and oxygen atoms in total. The molecule has 1 saturated carbocycles. The Hall–Kier alpha value is -1.79. The summed E-state index contributed by atoms with van der Waals surface area (Å²) in [5, 5.41) is 16.5. The molecular formula is C14H15ClN4OS. The monoisotopic (exact) mass is 322 g/mol. The molecule has 3 rings (SSSR count). The lowest BCUT2D eigenvalue weighted by Crippen LogP contribution is -2.27. The van der Waals surface area contributed by atoms with Gasteiger partial charge < -0.3 is 15.8 Å². The molecular weight excluding hydrogens is 308 g/mol. The van der Waals surface area contributed by atoms with Gasteiger partial charge in [0.25, 0.3) is 0 Å². The second-order valence-corrected chi connectivity index (χ2v) is 6.13. The average molecular weight is 323 g/mol. The molecule has 0 atom stereocenters. The van der Waals surface area contributed by atoms with Gasteiger partial charge in [-0.15, -0.1) is 0 Å². The standard InChI is InChI=1S/C14H15ClN4OS/c15-12-11(13(16)18-20)3-5-17-14(12)19(10-1-2-10)7-9-4-6-21-8-9/h3-6,8,10,20H,1-2,7H2,(H2,16,18). The molecule has 1 aliphatic carbocycles. The van der Waals surface area contributed by atoms with E-state index in [1.54, 1.807) is 23.6 Å². The third-order valence-electron chi connectivity index (χ3n) is 3.45. The van der Waals surface area contributed by atoms with Crippen LogP contribution in [0.4, 0.5) is 5.82 Å². The van der Waals surface area contributed by atoms with Gasteiger partial charge in [0.2, 0.25) is 0 Å². The van der Waals surface area contributed by atoms with E-state index in [0.29, 0.717) is 22.4 Å². The van der Waals surface area contributed by atoms with E-state index in [-0.39, 0.29) is 5.84 Å². The molecule has 0 aromatic carbocycles. The largest absolute Gasteiger partial charge is 0.409 e. The number of aromatic nitrogens is 1. The van der Waals surface area contributed by atoms with Crippen molar-refractivity contribution in [2.45, 2.75) is 25.4 Å². The van der Waals surface area contributed by atoms with E-state index in [1.165, 1.54) is 5.56 Å². The minimum absolute atomic E-state index is 0.00469. The molecule has 0 unspecified atom stereocenters. The minimum Gasteiger partial charge on any atom is -0.409 e. The highest BCUT2D eigenvalue weighted by molar-refractivity contribution is 7.07. The minimum atomic E-state index is -0.00469. The SMILES string of the molecule is N/C(=N/O)c1ccnc(N(Cc2ccsc2)C2CC2)c1Cl. The Balaban J connectivity index is 1.96. The molecule has 0 aliphatic heterocycles. The molecule has 0 spiro atoms. The summed E-state index contributed by atoms with van der Waals surface area (Å²) in [6, 6.07) is 4.20. The van der Waals surface area contributed by atoms with Crippen molar-refractivity contribution >= 4 is 34.6 Å². The zero-order valence-corrected chi connectivity index (χ0v) is 12.8. The van der Waals surface area contributed by atoms with E-state index < -0.39 is 0 Å². The maximum Gasteiger partial charge on any atom is 0.171 e. The van der Waals surface area contributed by atoms with Crippen molar-refractivity contribution in [3.05, 3.63) is 45.2 Å². The Morgan fingerprint density at radius 3 is 2.95 bits per heavy atom. The smallest absolute Gasteiger partial charge is 0.171 e. The van der Waals surface area contributed by atoms with E-state index in [2.05, 4.69) is 31.9 Å². The number of rotatable bonds is 5. The number of amidine groups is 1. The fourth-order valence-electron chi connectivity index (χ4n) is 2.23. The molecule has 21 heavy (non-hydrogen) atoms. The summed E-state index contributed by atoms with van der Waals surface area (Å²) in [6.45, 7) is 0.764. The predicted molar refractivity (Wildman–Crippen MR) is 85.3 cm³/mol. The number of anilines is 1. The van der Waals surface area contributed by atoms with Gasteiger partial charge in [-0.05, 0) is 41.3 Å². The van der Waals surface area contributed by atoms with Crippen molar-refractivity contribution in [2.75, 3.05) is 4.90 Å². The third-order valence-corrected chi connectivity index (χ3v) is 4.55. The van der Waals surface area contributed by atoms with Crippen LogP contribution >= 0.6 is 22.9 Å². The first-order valence-corrected chi connectivity index (χ1v) is 7.93. The number of nitrogens with zero attached hydrogens (tertiary/aromatic N) is 3. The summed E-state index contributed by atoms with van der Waals surface area (Å²) in [6.07, 6.45) is 3.91. The average Bonchev–Trinajstić information content (AvgIpc) is 3.21. The highest BCUT2D eigenvalue weighted by Gasteiger charge is 2.32. The lowest BCUT2D eigenvalue weighted by Gasteiger charge is -2.24. The van der Waals surface area contributed by atoms with E-state index in [0.717, 1.165) is 19.4 Å². The molecule has 110 valence electrons. The fourth-order valence-corrected chi connectivity index (χ4v) is 3.20. The molecule has 2 heterocycles. The van der Waals surface area contributed by atoms with Gasteiger partial charge in [0.15, 0.2) is 5.84 Å². The summed E-state index contributed by atoms with van der Waals surface area (Å²) < 4.78 is 0. The van der Waals surface area contributed by atoms with Gasteiger partial charge in [0.1, 0.15) is 5.82 Å². The molecule has 1 aliphatic rings. The highest BCUT2D eigenvalue weighted by atomic mass is 35.5. The quantitative estimate of drug-likeness (QED) is 0.384. The fraction of sp³-hybridized carbons (Fsp3) is 0.286. The number of hydrogen-bond donors (Lipinski definition) is 2. The lowest BCUT2D eigenvalue weighted by atomic mass is 10.2. The molecule has 3 N–H and O–H groups in total. The van der Waals surface area contributed by atoms with Crippen molar-refractivity contribution in [2.24, 2.45) is 10.9 Å². The number of nitrogens with two attached hydrogens (primary N) is 1. The number of hydrogen-bond acceptors (Lipinski definition) is 5. The van der Waals surface area contributed by atoms with Gasteiger partial charge in [-0.3, -0.25) is 0 Å². The van der Waals surface area contributed by atoms with Gasteiger partial charge in [-0.25, -0.2) is 4.98 Å². The summed E-state index contributed by atoms with van der Waals surface area (Å²) in [5.74, 6) is 0.685. The normalized spacial score (nSPS) is 15.2. The van der Waals surface area contributed by atoms with E-state index in [9.17, 15) is 0 Å². The van der Waals surface area contributed by atoms with Gasteiger partial charge in [-0.1, -0.05) is 16.8 Å². The maximum absolute atomic E-state index is 8.84. The Morgan fingerprint density at radius 1 is 1.52 bits per heavy atom. The summed E-state index contributed by atoms with van der Waals surface area (Å²) in [7, 11) is 0. The van der Waals surface area contributed by atoms with Crippen LogP contribution in [0.5, 0.6) is 0 Å². The Labute approximate surface area is 131 Å². The molecule has 7 heteroatoms. The lowest BCUT2D eigenvalue weighted by molar-refractivity contribution is 0.318. The van der Waals surface area contributed by atoms with E-state index >= 15 is 0 Å². The van der Waals surface area contributed by atoms with Crippen LogP contribution in [0.1, 0.15) is 24.0 Å². The number of pyridine rings is 1. The first-order valence-electron chi connectivity index (χ1n) is 6.61. The first kappa shape index (κ1) is 14.2. The van der Waals surface area contributed by atoms with Crippen molar-refractivity contribution in [1.82, 2.24) is 4.98 Å². The van der Waals surface area contributed by atoms with Gasteiger partial charge in [0, 0.05) is 24.3 Å². The molecule has 2 aromatic heterocycles. The van der Waals surface area contributed by atoms with Gasteiger partial charge >= 0.3 is 0 Å². The predicted octanol–water partition coefficient (Wildman–Crippen LogP) is 3.06.